The number of anilines is 1. The number of nitrogens with one attached hydrogen (secondary N) is 1. The van der Waals surface area contributed by atoms with Crippen molar-refractivity contribution in [3.8, 4) is 0 Å². The minimum absolute atomic E-state index is 0.0684. The number of halogens is 1. The van der Waals surface area contributed by atoms with Gasteiger partial charge in [0.05, 0.1) is 46.9 Å². The lowest BCUT2D eigenvalue weighted by atomic mass is 10.2. The number of carbonyl (C=O) groups is 1. The number of amides is 1. The maximum atomic E-state index is 12.6. The molecule has 0 saturated heterocycles. The van der Waals surface area contributed by atoms with Crippen molar-refractivity contribution >= 4 is 34.1 Å². The Morgan fingerprint density at radius 1 is 1.07 bits per heavy atom. The second-order valence-electron chi connectivity index (χ2n) is 7.03. The van der Waals surface area contributed by atoms with Crippen LogP contribution in [0.5, 0.6) is 0 Å². The maximum Gasteiger partial charge on any atom is 0.226 e. The van der Waals surface area contributed by atoms with Gasteiger partial charge in [-0.05, 0) is 31.5 Å². The fraction of sp³-hybridized carbons (Fsp3) is 0.227. The summed E-state index contributed by atoms with van der Waals surface area (Å²) in [5.74, 6) is -0.0684. The zero-order valence-corrected chi connectivity index (χ0v) is 17.1. The van der Waals surface area contributed by atoms with Crippen molar-refractivity contribution in [3.63, 3.8) is 0 Å². The van der Waals surface area contributed by atoms with Crippen LogP contribution in [0.15, 0.2) is 54.7 Å². The number of rotatable bonds is 6. The van der Waals surface area contributed by atoms with Crippen LogP contribution >= 0.6 is 11.6 Å². The number of hydrogen-bond acceptors (Lipinski definition) is 3. The normalized spacial score (nSPS) is 11.1. The second kappa shape index (κ2) is 8.09. The molecule has 0 bridgehead atoms. The summed E-state index contributed by atoms with van der Waals surface area (Å²) in [5.41, 5.74) is 4.62. The molecule has 148 valence electrons. The summed E-state index contributed by atoms with van der Waals surface area (Å²) in [6.45, 7) is 5.03. The van der Waals surface area contributed by atoms with Gasteiger partial charge in [-0.3, -0.25) is 14.2 Å². The number of nitrogens with zero attached hydrogens (tertiary/aromatic N) is 4. The van der Waals surface area contributed by atoms with E-state index in [0.29, 0.717) is 24.5 Å². The monoisotopic (exact) mass is 407 g/mol. The molecule has 0 fully saturated rings. The van der Waals surface area contributed by atoms with E-state index in [0.717, 1.165) is 28.0 Å². The quantitative estimate of drug-likeness (QED) is 0.508. The Labute approximate surface area is 174 Å². The summed E-state index contributed by atoms with van der Waals surface area (Å²) in [4.78, 5) is 12.6. The number of aryl methyl sites for hydroxylation is 2. The largest absolute Gasteiger partial charge is 0.323 e. The van der Waals surface area contributed by atoms with Crippen LogP contribution in [0.4, 0.5) is 5.69 Å². The Balaban J connectivity index is 1.43. The van der Waals surface area contributed by atoms with Gasteiger partial charge in [-0.15, -0.1) is 0 Å². The molecule has 7 heteroatoms. The molecule has 0 atom stereocenters. The molecule has 0 aliphatic rings. The molecule has 0 radical (unpaired) electrons. The molecule has 0 saturated carbocycles. The number of carbonyl (C=O) groups excluding carboxylic acids is 1. The Morgan fingerprint density at radius 3 is 2.66 bits per heavy atom. The SMILES string of the molecule is Cc1nn(Cc2ccccc2)c(C)c1NC(=O)CCn1ncc2c(Cl)cccc21. The Morgan fingerprint density at radius 2 is 1.86 bits per heavy atom. The zero-order valence-electron chi connectivity index (χ0n) is 16.4. The summed E-state index contributed by atoms with van der Waals surface area (Å²) in [6.07, 6.45) is 2.05. The van der Waals surface area contributed by atoms with Gasteiger partial charge >= 0.3 is 0 Å². The first-order chi connectivity index (χ1) is 14.0. The van der Waals surface area contributed by atoms with Crippen LogP contribution in [0, 0.1) is 13.8 Å². The van der Waals surface area contributed by atoms with Crippen LogP contribution in [0.25, 0.3) is 10.9 Å². The molecule has 0 spiro atoms. The van der Waals surface area contributed by atoms with Gasteiger partial charge in [-0.1, -0.05) is 48.0 Å². The van der Waals surface area contributed by atoms with Crippen LogP contribution < -0.4 is 5.32 Å². The van der Waals surface area contributed by atoms with E-state index in [2.05, 4.69) is 27.6 Å². The van der Waals surface area contributed by atoms with Crippen LogP contribution in [0.2, 0.25) is 5.02 Å². The molecule has 4 aromatic rings. The summed E-state index contributed by atoms with van der Waals surface area (Å²) in [7, 11) is 0. The highest BCUT2D eigenvalue weighted by Crippen LogP contribution is 2.23. The summed E-state index contributed by atoms with van der Waals surface area (Å²) < 4.78 is 3.72. The Hall–Kier alpha value is -3.12. The Kier molecular flexibility index (Phi) is 5.36. The minimum Gasteiger partial charge on any atom is -0.323 e. The van der Waals surface area contributed by atoms with E-state index in [1.54, 1.807) is 10.9 Å². The summed E-state index contributed by atoms with van der Waals surface area (Å²) in [5, 5.41) is 13.5. The van der Waals surface area contributed by atoms with Gasteiger partial charge in [0.15, 0.2) is 0 Å². The van der Waals surface area contributed by atoms with Crippen molar-refractivity contribution in [1.29, 1.82) is 0 Å². The first-order valence-corrected chi connectivity index (χ1v) is 9.88. The van der Waals surface area contributed by atoms with Crippen LogP contribution in [-0.2, 0) is 17.9 Å². The second-order valence-corrected chi connectivity index (χ2v) is 7.43. The Bertz CT molecular complexity index is 1160. The minimum atomic E-state index is -0.0684. The van der Waals surface area contributed by atoms with Crippen LogP contribution in [0.1, 0.15) is 23.4 Å². The van der Waals surface area contributed by atoms with Crippen LogP contribution in [0.3, 0.4) is 0 Å². The summed E-state index contributed by atoms with van der Waals surface area (Å²) >= 11 is 6.19. The molecule has 29 heavy (non-hydrogen) atoms. The van der Waals surface area contributed by atoms with E-state index in [-0.39, 0.29) is 5.91 Å². The topological polar surface area (TPSA) is 64.7 Å². The average Bonchev–Trinajstić information content (AvgIpc) is 3.24. The fourth-order valence-corrected chi connectivity index (χ4v) is 3.66. The van der Waals surface area contributed by atoms with Gasteiger partial charge in [-0.2, -0.15) is 10.2 Å². The third-order valence-corrected chi connectivity index (χ3v) is 5.34. The molecule has 2 aromatic carbocycles. The smallest absolute Gasteiger partial charge is 0.226 e. The van der Waals surface area contributed by atoms with E-state index in [1.165, 1.54) is 5.56 Å². The molecule has 4 rings (SSSR count). The van der Waals surface area contributed by atoms with Crippen molar-refractivity contribution in [2.75, 3.05) is 5.32 Å². The number of aromatic nitrogens is 4. The maximum absolute atomic E-state index is 12.6. The van der Waals surface area contributed by atoms with E-state index < -0.39 is 0 Å². The predicted molar refractivity (Wildman–Crippen MR) is 115 cm³/mol. The third-order valence-electron chi connectivity index (χ3n) is 5.01. The van der Waals surface area contributed by atoms with Gasteiger partial charge in [-0.25, -0.2) is 0 Å². The molecule has 0 unspecified atom stereocenters. The van der Waals surface area contributed by atoms with Crippen molar-refractivity contribution in [1.82, 2.24) is 19.6 Å². The lowest BCUT2D eigenvalue weighted by Gasteiger charge is -2.08. The van der Waals surface area contributed by atoms with E-state index in [4.69, 9.17) is 11.6 Å². The lowest BCUT2D eigenvalue weighted by Crippen LogP contribution is -2.16. The van der Waals surface area contributed by atoms with Crippen molar-refractivity contribution in [2.45, 2.75) is 33.4 Å². The number of benzene rings is 2. The van der Waals surface area contributed by atoms with Crippen molar-refractivity contribution < 1.29 is 4.79 Å². The average molecular weight is 408 g/mol. The predicted octanol–water partition coefficient (Wildman–Crippen LogP) is 4.58. The molecular formula is C22H22ClN5O. The van der Waals surface area contributed by atoms with Gasteiger partial charge in [0, 0.05) is 11.8 Å². The number of fused-ring (bicyclic) bond motifs is 1. The van der Waals surface area contributed by atoms with Crippen molar-refractivity contribution in [3.05, 3.63) is 76.7 Å². The van der Waals surface area contributed by atoms with Gasteiger partial charge in [0.2, 0.25) is 5.91 Å². The number of hydrogen-bond donors (Lipinski definition) is 1. The molecule has 2 aromatic heterocycles. The van der Waals surface area contributed by atoms with Gasteiger partial charge in [0.25, 0.3) is 0 Å². The highest BCUT2D eigenvalue weighted by atomic mass is 35.5. The first-order valence-electron chi connectivity index (χ1n) is 9.51. The van der Waals surface area contributed by atoms with Crippen LogP contribution in [-0.4, -0.2) is 25.5 Å². The first kappa shape index (κ1) is 19.2. The van der Waals surface area contributed by atoms with E-state index in [1.807, 2.05) is 54.9 Å². The molecule has 1 N–H and O–H groups in total. The van der Waals surface area contributed by atoms with E-state index >= 15 is 0 Å². The third kappa shape index (κ3) is 4.03. The molecule has 1 amide bonds. The van der Waals surface area contributed by atoms with E-state index in [9.17, 15) is 4.79 Å². The zero-order chi connectivity index (χ0) is 20.4. The standard InChI is InChI=1S/C22H22ClN5O/c1-15-22(16(2)28(26-15)14-17-7-4-3-5-8-17)25-21(29)11-12-27-20-10-6-9-19(23)18(20)13-24-27/h3-10,13H,11-12,14H2,1-2H3,(H,25,29). The molecule has 2 heterocycles. The molecule has 0 aliphatic heterocycles. The fourth-order valence-electron chi connectivity index (χ4n) is 3.44. The molecule has 0 aliphatic carbocycles. The highest BCUT2D eigenvalue weighted by molar-refractivity contribution is 6.35. The highest BCUT2D eigenvalue weighted by Gasteiger charge is 2.15. The molecule has 6 nitrogen and oxygen atoms in total. The summed E-state index contributed by atoms with van der Waals surface area (Å²) in [6, 6.07) is 15.8. The molecular weight excluding hydrogens is 386 g/mol. The van der Waals surface area contributed by atoms with Gasteiger partial charge < -0.3 is 5.32 Å². The van der Waals surface area contributed by atoms with Gasteiger partial charge in [0.1, 0.15) is 0 Å². The van der Waals surface area contributed by atoms with Crippen molar-refractivity contribution in [2.24, 2.45) is 0 Å². The lowest BCUT2D eigenvalue weighted by molar-refractivity contribution is -0.116.